The lowest BCUT2D eigenvalue weighted by Crippen LogP contribution is -2.75. The van der Waals surface area contributed by atoms with Gasteiger partial charge in [0, 0.05) is 33.1 Å². The van der Waals surface area contributed by atoms with E-state index in [4.69, 9.17) is 0 Å². The van der Waals surface area contributed by atoms with Gasteiger partial charge in [-0.25, -0.2) is 4.39 Å². The largest absolute Gasteiger partial charge is 0.500 e. The fourth-order valence-corrected chi connectivity index (χ4v) is 5.47. The van der Waals surface area contributed by atoms with Crippen molar-refractivity contribution in [1.29, 1.82) is 0 Å². The van der Waals surface area contributed by atoms with Crippen LogP contribution in [0.3, 0.4) is 0 Å². The summed E-state index contributed by atoms with van der Waals surface area (Å²) in [7, 11) is -1.33. The fourth-order valence-electron chi connectivity index (χ4n) is 2.38. The van der Waals surface area contributed by atoms with Crippen LogP contribution in [0.5, 0.6) is 0 Å². The van der Waals surface area contributed by atoms with Gasteiger partial charge in [0.1, 0.15) is 0 Å². The molecule has 0 rings (SSSR count). The molecule has 22 heteroatoms. The minimum Gasteiger partial charge on any atom is -0.377 e. The Morgan fingerprint density at radius 3 is 1.16 bits per heavy atom. The molecule has 224 valence electrons. The van der Waals surface area contributed by atoms with Crippen LogP contribution in [-0.4, -0.2) is 88.8 Å². The van der Waals surface area contributed by atoms with Crippen molar-refractivity contribution in [1.82, 2.24) is 0 Å². The smallest absolute Gasteiger partial charge is 0.377 e. The fraction of sp³-hybridized carbons (Fsp3) is 1.00. The maximum absolute atomic E-state index is 13.9. The second-order valence-electron chi connectivity index (χ2n) is 7.10. The quantitative estimate of drug-likeness (QED) is 0.144. The third kappa shape index (κ3) is 5.36. The van der Waals surface area contributed by atoms with Crippen LogP contribution < -0.4 is 0 Å². The first-order chi connectivity index (χ1) is 16.1. The van der Waals surface area contributed by atoms with Crippen molar-refractivity contribution in [2.75, 3.05) is 27.1 Å². The molecule has 0 aromatic heterocycles. The molecule has 0 heterocycles. The van der Waals surface area contributed by atoms with E-state index in [1.165, 1.54) is 0 Å². The maximum atomic E-state index is 13.9. The number of hydrogen-bond donors (Lipinski definition) is 0. The maximum Gasteiger partial charge on any atom is 0.500 e. The zero-order valence-electron chi connectivity index (χ0n) is 18.5. The molecule has 1 unspecified atom stereocenters. The van der Waals surface area contributed by atoms with Gasteiger partial charge in [0.25, 0.3) is 0 Å². The Morgan fingerprint density at radius 2 is 0.865 bits per heavy atom. The van der Waals surface area contributed by atoms with E-state index in [1.54, 1.807) is 0 Å². The number of hydrogen-bond acceptors (Lipinski definition) is 4. The molecule has 0 amide bonds. The molecule has 0 aliphatic rings. The Morgan fingerprint density at radius 1 is 0.568 bits per heavy atom. The molecule has 0 aromatic rings. The number of halogens is 17. The first kappa shape index (κ1) is 36.3. The molecule has 0 saturated carbocycles. The molecular weight excluding hydrogens is 611 g/mol. The van der Waals surface area contributed by atoms with Crippen molar-refractivity contribution in [3.8, 4) is 0 Å². The highest BCUT2D eigenvalue weighted by Gasteiger charge is 2.95. The molecule has 0 aromatic carbocycles. The highest BCUT2D eigenvalue weighted by molar-refractivity contribution is 8.00. The predicted octanol–water partition coefficient (Wildman–Crippen LogP) is 7.00. The van der Waals surface area contributed by atoms with Crippen molar-refractivity contribution >= 4 is 20.6 Å². The molecule has 0 bridgehead atoms. The minimum atomic E-state index is -8.58. The zero-order valence-corrected chi connectivity index (χ0v) is 20.4. The van der Waals surface area contributed by atoms with Crippen LogP contribution in [0.25, 0.3) is 0 Å². The van der Waals surface area contributed by atoms with Gasteiger partial charge in [-0.3, -0.25) is 0 Å². The molecule has 0 aliphatic heterocycles. The van der Waals surface area contributed by atoms with Crippen LogP contribution in [0, 0.1) is 0 Å². The molecule has 0 N–H and O–H groups in total. The first-order valence-electron chi connectivity index (χ1n) is 9.04. The van der Waals surface area contributed by atoms with Crippen LogP contribution in [0.15, 0.2) is 0 Å². The van der Waals surface area contributed by atoms with E-state index < -0.39 is 92.2 Å². The molecule has 0 spiro atoms. The van der Waals surface area contributed by atoms with E-state index in [0.29, 0.717) is 0 Å². The van der Waals surface area contributed by atoms with E-state index in [1.807, 2.05) is 0 Å². The number of rotatable bonds is 15. The lowest BCUT2D eigenvalue weighted by atomic mass is 9.88. The molecular formula is C15H17F17O3SSi. The van der Waals surface area contributed by atoms with Gasteiger partial charge in [-0.2, -0.15) is 70.2 Å². The number of alkyl halides is 17. The van der Waals surface area contributed by atoms with Crippen LogP contribution >= 0.6 is 11.8 Å². The normalized spacial score (nSPS) is 16.8. The molecule has 1 atom stereocenters. The van der Waals surface area contributed by atoms with E-state index in [2.05, 4.69) is 13.3 Å². The molecule has 3 nitrogen and oxygen atoms in total. The second-order valence-corrected chi connectivity index (χ2v) is 11.4. The van der Waals surface area contributed by atoms with E-state index in [9.17, 15) is 74.6 Å². The lowest BCUT2D eigenvalue weighted by Gasteiger charge is -2.43. The summed E-state index contributed by atoms with van der Waals surface area (Å²) in [6.07, 6.45) is -4.50. The first-order valence-corrected chi connectivity index (χ1v) is 12.0. The Kier molecular flexibility index (Phi) is 10.5. The Labute approximate surface area is 202 Å². The van der Waals surface area contributed by atoms with Crippen molar-refractivity contribution in [3.05, 3.63) is 0 Å². The van der Waals surface area contributed by atoms with E-state index in [-0.39, 0.29) is 0 Å². The average molecular weight is 628 g/mol. The predicted molar refractivity (Wildman–Crippen MR) is 94.2 cm³/mol. The van der Waals surface area contributed by atoms with Gasteiger partial charge in [-0.1, -0.05) is 11.8 Å². The third-order valence-electron chi connectivity index (χ3n) is 4.88. The van der Waals surface area contributed by atoms with Gasteiger partial charge in [0.2, 0.25) is 0 Å². The summed E-state index contributed by atoms with van der Waals surface area (Å²) in [6, 6.07) is -0.925. The van der Waals surface area contributed by atoms with Crippen molar-refractivity contribution in [2.45, 2.75) is 65.9 Å². The zero-order chi connectivity index (χ0) is 30.3. The molecule has 0 radical (unpaired) electrons. The standard InChI is InChI=1S/C15H17F17O3SSi/c1-7(16)8(17,18)9(19,20)10(21,22)11(23,24)12(25,26)13(27,28)14(29,30)15(31,32)36-5-6-37(33-2,34-3)35-4/h7H,5-6H2,1-4H3. The van der Waals surface area contributed by atoms with Gasteiger partial charge in [0.05, 0.1) is 0 Å². The lowest BCUT2D eigenvalue weighted by molar-refractivity contribution is -0.450. The summed E-state index contributed by atoms with van der Waals surface area (Å²) in [5.74, 6) is -57.9. The van der Waals surface area contributed by atoms with Gasteiger partial charge in [-0.15, -0.1) is 0 Å². The summed E-state index contributed by atoms with van der Waals surface area (Å²) >= 11 is -1.62. The van der Waals surface area contributed by atoms with Crippen molar-refractivity contribution in [2.24, 2.45) is 0 Å². The molecule has 0 saturated heterocycles. The van der Waals surface area contributed by atoms with Gasteiger partial charge in [-0.05, 0) is 6.92 Å². The molecule has 0 fully saturated rings. The van der Waals surface area contributed by atoms with Crippen molar-refractivity contribution < 1.29 is 87.9 Å². The minimum absolute atomic E-state index is 0.644. The van der Waals surface area contributed by atoms with Crippen LogP contribution in [0.1, 0.15) is 6.92 Å². The van der Waals surface area contributed by atoms with E-state index >= 15 is 0 Å². The third-order valence-corrected chi connectivity index (χ3v) is 9.00. The van der Waals surface area contributed by atoms with Gasteiger partial charge < -0.3 is 13.3 Å². The Bertz CT molecular complexity index is 765. The van der Waals surface area contributed by atoms with Crippen LogP contribution in [-0.2, 0) is 13.3 Å². The van der Waals surface area contributed by atoms with Crippen molar-refractivity contribution in [3.63, 3.8) is 0 Å². The number of thioether (sulfide) groups is 1. The SMILES string of the molecule is CO[Si](CCSC(F)(F)C(F)(F)C(F)(F)C(F)(F)C(F)(F)C(F)(F)C(F)(F)C(F)(F)C(C)F)(OC)OC. The summed E-state index contributed by atoms with van der Waals surface area (Å²) in [5.41, 5.74) is 0. The summed E-state index contributed by atoms with van der Waals surface area (Å²) < 4.78 is 245. The summed E-state index contributed by atoms with van der Waals surface area (Å²) in [5, 5.41) is -6.51. The summed E-state index contributed by atoms with van der Waals surface area (Å²) in [6.45, 7) is -0.644. The average Bonchev–Trinajstić information content (AvgIpc) is 2.75. The second kappa shape index (κ2) is 10.7. The Hall–Kier alpha value is -0.743. The van der Waals surface area contributed by atoms with Gasteiger partial charge >= 0.3 is 55.5 Å². The summed E-state index contributed by atoms with van der Waals surface area (Å²) in [4.78, 5) is 0. The molecule has 37 heavy (non-hydrogen) atoms. The van der Waals surface area contributed by atoms with E-state index in [0.717, 1.165) is 21.3 Å². The van der Waals surface area contributed by atoms with Crippen LogP contribution in [0.2, 0.25) is 6.04 Å². The van der Waals surface area contributed by atoms with Gasteiger partial charge in [0.15, 0.2) is 6.17 Å². The highest BCUT2D eigenvalue weighted by atomic mass is 32.2. The monoisotopic (exact) mass is 628 g/mol. The highest BCUT2D eigenvalue weighted by Crippen LogP contribution is 2.65. The molecule has 0 aliphatic carbocycles. The van der Waals surface area contributed by atoms with Crippen LogP contribution in [0.4, 0.5) is 74.6 Å². The topological polar surface area (TPSA) is 27.7 Å². The Balaban J connectivity index is 6.48.